The number of benzene rings is 2. The molecule has 0 aromatic heterocycles. The highest BCUT2D eigenvalue weighted by molar-refractivity contribution is 6.14. The van der Waals surface area contributed by atoms with Crippen LogP contribution < -0.4 is 5.73 Å². The van der Waals surface area contributed by atoms with Crippen molar-refractivity contribution in [2.75, 3.05) is 20.0 Å². The van der Waals surface area contributed by atoms with E-state index < -0.39 is 11.9 Å². The number of carbonyl (C=O) groups is 2. The van der Waals surface area contributed by atoms with E-state index in [4.69, 9.17) is 10.5 Å². The van der Waals surface area contributed by atoms with Gasteiger partial charge < -0.3 is 15.2 Å². The molecule has 0 atom stereocenters. The van der Waals surface area contributed by atoms with E-state index in [2.05, 4.69) is 4.74 Å². The topological polar surface area (TPSA) is 78.6 Å². The first-order chi connectivity index (χ1) is 9.10. The maximum absolute atomic E-state index is 11.9. The maximum Gasteiger partial charge on any atom is 0.340 e. The van der Waals surface area contributed by atoms with Crippen LogP contribution in [0.25, 0.3) is 10.8 Å². The van der Waals surface area contributed by atoms with Crippen molar-refractivity contribution >= 4 is 28.4 Å². The van der Waals surface area contributed by atoms with Crippen molar-refractivity contribution in [3.8, 4) is 0 Å². The zero-order chi connectivity index (χ0) is 14.0. The Morgan fingerprint density at radius 2 is 1.68 bits per heavy atom. The first-order valence-electron chi connectivity index (χ1n) is 5.58. The normalized spacial score (nSPS) is 10.2. The number of carbonyl (C=O) groups excluding carboxylic acids is 2. The zero-order valence-electron chi connectivity index (χ0n) is 10.6. The molecule has 0 bridgehead atoms. The van der Waals surface area contributed by atoms with Crippen molar-refractivity contribution in [2.24, 2.45) is 0 Å². The van der Waals surface area contributed by atoms with Gasteiger partial charge in [-0.05, 0) is 16.8 Å². The second-order valence-corrected chi connectivity index (χ2v) is 3.92. The predicted octanol–water partition coefficient (Wildman–Crippen LogP) is 2.00. The van der Waals surface area contributed by atoms with Gasteiger partial charge in [-0.25, -0.2) is 9.59 Å². The van der Waals surface area contributed by atoms with Gasteiger partial charge in [0, 0.05) is 0 Å². The number of hydrogen-bond donors (Lipinski definition) is 1. The largest absolute Gasteiger partial charge is 0.465 e. The van der Waals surface area contributed by atoms with Crippen molar-refractivity contribution in [3.63, 3.8) is 0 Å². The van der Waals surface area contributed by atoms with E-state index in [-0.39, 0.29) is 16.8 Å². The van der Waals surface area contributed by atoms with Crippen molar-refractivity contribution in [1.29, 1.82) is 0 Å². The van der Waals surface area contributed by atoms with Crippen LogP contribution in [0.2, 0.25) is 0 Å². The summed E-state index contributed by atoms with van der Waals surface area (Å²) in [5.41, 5.74) is 6.30. The molecular formula is C14H13NO4. The van der Waals surface area contributed by atoms with Gasteiger partial charge in [-0.15, -0.1) is 0 Å². The molecule has 2 N–H and O–H groups in total. The van der Waals surface area contributed by atoms with E-state index in [1.54, 1.807) is 30.3 Å². The number of rotatable bonds is 2. The Morgan fingerprint density at radius 1 is 1.05 bits per heavy atom. The van der Waals surface area contributed by atoms with Crippen LogP contribution in [0.1, 0.15) is 20.7 Å². The van der Waals surface area contributed by atoms with E-state index in [0.29, 0.717) is 5.39 Å². The predicted molar refractivity (Wildman–Crippen MR) is 71.0 cm³/mol. The molecular weight excluding hydrogens is 246 g/mol. The minimum atomic E-state index is -0.589. The Kier molecular flexibility index (Phi) is 3.37. The summed E-state index contributed by atoms with van der Waals surface area (Å²) in [6.07, 6.45) is 0. The third kappa shape index (κ3) is 2.10. The number of ether oxygens (including phenoxy) is 2. The lowest BCUT2D eigenvalue weighted by Gasteiger charge is -2.12. The van der Waals surface area contributed by atoms with Crippen LogP contribution in [-0.2, 0) is 9.47 Å². The zero-order valence-corrected chi connectivity index (χ0v) is 10.6. The fraction of sp³-hybridized carbons (Fsp3) is 0.143. The molecule has 0 aliphatic heterocycles. The summed E-state index contributed by atoms with van der Waals surface area (Å²) in [7, 11) is 2.52. The molecule has 2 aromatic carbocycles. The molecule has 0 spiro atoms. The van der Waals surface area contributed by atoms with E-state index in [0.717, 1.165) is 5.39 Å². The van der Waals surface area contributed by atoms with Crippen molar-refractivity contribution in [3.05, 3.63) is 41.5 Å². The van der Waals surface area contributed by atoms with Gasteiger partial charge in [-0.3, -0.25) is 0 Å². The van der Waals surface area contributed by atoms with Crippen LogP contribution in [0.3, 0.4) is 0 Å². The van der Waals surface area contributed by atoms with Gasteiger partial charge in [0.15, 0.2) is 0 Å². The van der Waals surface area contributed by atoms with Crippen LogP contribution in [0.5, 0.6) is 0 Å². The molecule has 0 radical (unpaired) electrons. The van der Waals surface area contributed by atoms with Gasteiger partial charge in [0.1, 0.15) is 0 Å². The first-order valence-corrected chi connectivity index (χ1v) is 5.58. The molecule has 5 heteroatoms. The number of anilines is 1. The number of hydrogen-bond acceptors (Lipinski definition) is 5. The van der Waals surface area contributed by atoms with Gasteiger partial charge in [0.05, 0.1) is 31.0 Å². The Morgan fingerprint density at radius 3 is 2.32 bits per heavy atom. The number of nitrogen functional groups attached to an aromatic ring is 1. The summed E-state index contributed by atoms with van der Waals surface area (Å²) in [5.74, 6) is -1.17. The molecule has 0 aliphatic rings. The average Bonchev–Trinajstić information content (AvgIpc) is 2.45. The van der Waals surface area contributed by atoms with E-state index in [9.17, 15) is 9.59 Å². The smallest absolute Gasteiger partial charge is 0.340 e. The molecule has 0 fully saturated rings. The molecule has 98 valence electrons. The summed E-state index contributed by atoms with van der Waals surface area (Å²) in [5, 5.41) is 1.36. The van der Waals surface area contributed by atoms with Gasteiger partial charge in [0.25, 0.3) is 0 Å². The van der Waals surface area contributed by atoms with Crippen molar-refractivity contribution < 1.29 is 19.1 Å². The summed E-state index contributed by atoms with van der Waals surface area (Å²) < 4.78 is 9.39. The minimum Gasteiger partial charge on any atom is -0.465 e. The van der Waals surface area contributed by atoms with Crippen LogP contribution in [0.4, 0.5) is 5.69 Å². The highest BCUT2D eigenvalue weighted by atomic mass is 16.5. The van der Waals surface area contributed by atoms with Gasteiger partial charge >= 0.3 is 11.9 Å². The molecule has 5 nitrogen and oxygen atoms in total. The average molecular weight is 259 g/mol. The monoisotopic (exact) mass is 259 g/mol. The Labute approximate surface area is 109 Å². The van der Waals surface area contributed by atoms with Crippen LogP contribution >= 0.6 is 0 Å². The fourth-order valence-electron chi connectivity index (χ4n) is 1.96. The molecule has 2 aromatic rings. The molecule has 2 rings (SSSR count). The molecule has 0 heterocycles. The van der Waals surface area contributed by atoms with E-state index in [1.165, 1.54) is 14.2 Å². The van der Waals surface area contributed by atoms with Gasteiger partial charge in [0.2, 0.25) is 0 Å². The van der Waals surface area contributed by atoms with E-state index in [1.807, 2.05) is 0 Å². The molecule has 0 saturated heterocycles. The lowest BCUT2D eigenvalue weighted by atomic mass is 9.98. The SMILES string of the molecule is COC(=O)c1cc2ccccc2c(C(=O)OC)c1N. The van der Waals surface area contributed by atoms with Gasteiger partial charge in [-0.1, -0.05) is 24.3 Å². The summed E-state index contributed by atoms with van der Waals surface area (Å²) >= 11 is 0. The summed E-state index contributed by atoms with van der Waals surface area (Å²) in [6.45, 7) is 0. The number of nitrogens with two attached hydrogens (primary N) is 1. The first kappa shape index (κ1) is 12.9. The summed E-state index contributed by atoms with van der Waals surface area (Å²) in [6, 6.07) is 8.72. The standard InChI is InChI=1S/C14H13NO4/c1-18-13(16)10-7-8-5-3-4-6-9(8)11(12(10)15)14(17)19-2/h3-7H,15H2,1-2H3. The molecule has 0 unspecified atom stereocenters. The Balaban J connectivity index is 2.85. The Hall–Kier alpha value is -2.56. The fourth-order valence-corrected chi connectivity index (χ4v) is 1.96. The lowest BCUT2D eigenvalue weighted by molar-refractivity contribution is 0.0602. The number of esters is 2. The van der Waals surface area contributed by atoms with Crippen molar-refractivity contribution in [2.45, 2.75) is 0 Å². The van der Waals surface area contributed by atoms with Crippen molar-refractivity contribution in [1.82, 2.24) is 0 Å². The van der Waals surface area contributed by atoms with E-state index >= 15 is 0 Å². The molecule has 0 aliphatic carbocycles. The molecule has 19 heavy (non-hydrogen) atoms. The quantitative estimate of drug-likeness (QED) is 0.659. The highest BCUT2D eigenvalue weighted by Crippen LogP contribution is 2.29. The van der Waals surface area contributed by atoms with Crippen LogP contribution in [-0.4, -0.2) is 26.2 Å². The third-order valence-corrected chi connectivity index (χ3v) is 2.88. The lowest BCUT2D eigenvalue weighted by Crippen LogP contribution is -2.12. The number of methoxy groups -OCH3 is 2. The second-order valence-electron chi connectivity index (χ2n) is 3.92. The van der Waals surface area contributed by atoms with Crippen LogP contribution in [0, 0.1) is 0 Å². The third-order valence-electron chi connectivity index (χ3n) is 2.88. The Bertz CT molecular complexity index is 664. The summed E-state index contributed by atoms with van der Waals surface area (Å²) in [4.78, 5) is 23.5. The van der Waals surface area contributed by atoms with Gasteiger partial charge in [-0.2, -0.15) is 0 Å². The molecule has 0 amide bonds. The number of fused-ring (bicyclic) bond motifs is 1. The molecule has 0 saturated carbocycles. The minimum absolute atomic E-state index is 0.0670. The maximum atomic E-state index is 11.9. The highest BCUT2D eigenvalue weighted by Gasteiger charge is 2.21. The second kappa shape index (κ2) is 4.97. The van der Waals surface area contributed by atoms with Crippen LogP contribution in [0.15, 0.2) is 30.3 Å².